The van der Waals surface area contributed by atoms with Crippen molar-refractivity contribution in [2.45, 2.75) is 57.1 Å². The third-order valence-electron chi connectivity index (χ3n) is 4.21. The first-order valence-corrected chi connectivity index (χ1v) is 11.5. The minimum absolute atomic E-state index is 0.0539. The van der Waals surface area contributed by atoms with E-state index in [2.05, 4.69) is 9.97 Å². The lowest BCUT2D eigenvalue weighted by Crippen LogP contribution is -2.45. The largest absolute Gasteiger partial charge is 0.337 e. The average Bonchev–Trinajstić information content (AvgIpc) is 3.22. The van der Waals surface area contributed by atoms with Gasteiger partial charge in [0.2, 0.25) is 5.91 Å². The van der Waals surface area contributed by atoms with Crippen molar-refractivity contribution in [2.24, 2.45) is 0 Å². The standard InChI is InChI=1S/C19H23N3O2S3/c1-10(2)22(11(3)4)18(24)12(5)27-19-20-16(23)15-13(9-26-17(15)21-19)14-7-6-8-25-14/h6-12H,1-5H3,(H,20,21,23)/t12-/m0/s1. The first-order valence-electron chi connectivity index (χ1n) is 8.83. The number of thioether (sulfide) groups is 1. The maximum atomic E-state index is 12.8. The third kappa shape index (κ3) is 4.12. The van der Waals surface area contributed by atoms with Crippen LogP contribution in [0.3, 0.4) is 0 Å². The first-order chi connectivity index (χ1) is 12.8. The zero-order valence-corrected chi connectivity index (χ0v) is 18.4. The molecule has 3 aromatic rings. The highest BCUT2D eigenvalue weighted by atomic mass is 32.2. The molecule has 0 aliphatic carbocycles. The van der Waals surface area contributed by atoms with Crippen molar-refractivity contribution >= 4 is 50.6 Å². The fourth-order valence-corrected chi connectivity index (χ4v) is 5.80. The lowest BCUT2D eigenvalue weighted by atomic mass is 10.2. The van der Waals surface area contributed by atoms with Crippen LogP contribution in [0.5, 0.6) is 0 Å². The second-order valence-corrected chi connectivity index (χ2v) is 10.0. The van der Waals surface area contributed by atoms with Crippen molar-refractivity contribution in [1.82, 2.24) is 14.9 Å². The zero-order valence-electron chi connectivity index (χ0n) is 16.0. The fraction of sp³-hybridized carbons (Fsp3) is 0.421. The highest BCUT2D eigenvalue weighted by Crippen LogP contribution is 2.34. The lowest BCUT2D eigenvalue weighted by molar-refractivity contribution is -0.133. The minimum atomic E-state index is -0.327. The number of hydrogen-bond donors (Lipinski definition) is 1. The fourth-order valence-electron chi connectivity index (χ4n) is 3.13. The number of fused-ring (bicyclic) bond motifs is 1. The predicted octanol–water partition coefficient (Wildman–Crippen LogP) is 4.84. The lowest BCUT2D eigenvalue weighted by Gasteiger charge is -2.32. The van der Waals surface area contributed by atoms with Crippen LogP contribution in [0.15, 0.2) is 32.8 Å². The number of thiophene rings is 2. The van der Waals surface area contributed by atoms with Crippen LogP contribution in [0.1, 0.15) is 34.6 Å². The maximum absolute atomic E-state index is 12.8. The number of nitrogens with zero attached hydrogens (tertiary/aromatic N) is 2. The van der Waals surface area contributed by atoms with Crippen LogP contribution in [0, 0.1) is 0 Å². The van der Waals surface area contributed by atoms with Gasteiger partial charge in [0.15, 0.2) is 5.16 Å². The number of nitrogens with one attached hydrogen (secondary N) is 1. The number of carbonyl (C=O) groups is 1. The number of aromatic amines is 1. The summed E-state index contributed by atoms with van der Waals surface area (Å²) < 4.78 is 0. The second kappa shape index (κ2) is 8.16. The van der Waals surface area contributed by atoms with Crippen LogP contribution in [0.25, 0.3) is 20.7 Å². The number of hydrogen-bond acceptors (Lipinski definition) is 6. The molecular weight excluding hydrogens is 398 g/mol. The van der Waals surface area contributed by atoms with E-state index in [4.69, 9.17) is 0 Å². The van der Waals surface area contributed by atoms with Crippen LogP contribution in [-0.2, 0) is 4.79 Å². The Morgan fingerprint density at radius 1 is 1.19 bits per heavy atom. The Hall–Kier alpha value is -1.64. The van der Waals surface area contributed by atoms with E-state index in [-0.39, 0.29) is 28.8 Å². The summed E-state index contributed by atoms with van der Waals surface area (Å²) in [5.74, 6) is 0.0539. The molecule has 0 aromatic carbocycles. The Bertz CT molecular complexity index is 981. The van der Waals surface area contributed by atoms with E-state index in [1.165, 1.54) is 23.1 Å². The summed E-state index contributed by atoms with van der Waals surface area (Å²) in [7, 11) is 0. The van der Waals surface area contributed by atoms with E-state index in [0.29, 0.717) is 15.4 Å². The number of amides is 1. The van der Waals surface area contributed by atoms with E-state index in [1.54, 1.807) is 11.3 Å². The topological polar surface area (TPSA) is 66.1 Å². The monoisotopic (exact) mass is 421 g/mol. The number of carbonyl (C=O) groups excluding carboxylic acids is 1. The van der Waals surface area contributed by atoms with Gasteiger partial charge in [-0.25, -0.2) is 4.98 Å². The van der Waals surface area contributed by atoms with Crippen molar-refractivity contribution in [1.29, 1.82) is 0 Å². The van der Waals surface area contributed by atoms with Crippen molar-refractivity contribution in [3.8, 4) is 10.4 Å². The van der Waals surface area contributed by atoms with Gasteiger partial charge in [-0.15, -0.1) is 22.7 Å². The third-order valence-corrected chi connectivity index (χ3v) is 6.96. The molecule has 3 rings (SSSR count). The van der Waals surface area contributed by atoms with Gasteiger partial charge in [0, 0.05) is 27.9 Å². The summed E-state index contributed by atoms with van der Waals surface area (Å²) in [6.07, 6.45) is 0. The molecule has 3 aromatic heterocycles. The zero-order chi connectivity index (χ0) is 19.7. The van der Waals surface area contributed by atoms with Crippen molar-refractivity contribution in [3.63, 3.8) is 0 Å². The van der Waals surface area contributed by atoms with Crippen LogP contribution >= 0.6 is 34.4 Å². The van der Waals surface area contributed by atoms with Crippen LogP contribution in [0.2, 0.25) is 0 Å². The molecule has 0 aliphatic rings. The Balaban J connectivity index is 1.88. The van der Waals surface area contributed by atoms with Gasteiger partial charge < -0.3 is 9.88 Å². The number of aromatic nitrogens is 2. The van der Waals surface area contributed by atoms with Crippen molar-refractivity contribution in [2.75, 3.05) is 0 Å². The molecule has 144 valence electrons. The van der Waals surface area contributed by atoms with E-state index < -0.39 is 0 Å². The SMILES string of the molecule is CC(C)N(C(=O)[C@H](C)Sc1nc2scc(-c3cccs3)c2c(=O)[nH]1)C(C)C. The van der Waals surface area contributed by atoms with Gasteiger partial charge in [-0.2, -0.15) is 0 Å². The van der Waals surface area contributed by atoms with Crippen molar-refractivity contribution < 1.29 is 4.79 Å². The Morgan fingerprint density at radius 3 is 2.48 bits per heavy atom. The summed E-state index contributed by atoms with van der Waals surface area (Å²) in [5.41, 5.74) is 0.765. The molecule has 0 bridgehead atoms. The molecule has 0 saturated carbocycles. The van der Waals surface area contributed by atoms with Gasteiger partial charge in [0.25, 0.3) is 5.56 Å². The molecule has 0 radical (unpaired) electrons. The van der Waals surface area contributed by atoms with Gasteiger partial charge in [-0.3, -0.25) is 9.59 Å². The molecule has 5 nitrogen and oxygen atoms in total. The molecule has 0 saturated heterocycles. The number of rotatable bonds is 6. The van der Waals surface area contributed by atoms with Gasteiger partial charge in [0.1, 0.15) is 4.83 Å². The van der Waals surface area contributed by atoms with E-state index in [1.807, 2.05) is 62.4 Å². The Kier molecular flexibility index (Phi) is 6.08. The summed E-state index contributed by atoms with van der Waals surface area (Å²) in [4.78, 5) is 36.6. The van der Waals surface area contributed by atoms with Gasteiger partial charge in [-0.1, -0.05) is 17.8 Å². The molecule has 0 aliphatic heterocycles. The van der Waals surface area contributed by atoms with Gasteiger partial charge in [0.05, 0.1) is 10.6 Å². The Labute approximate surface area is 170 Å². The normalized spacial score (nSPS) is 12.9. The van der Waals surface area contributed by atoms with E-state index in [0.717, 1.165) is 10.4 Å². The maximum Gasteiger partial charge on any atom is 0.260 e. The first kappa shape index (κ1) is 20.1. The molecule has 0 unspecified atom stereocenters. The average molecular weight is 422 g/mol. The molecule has 0 spiro atoms. The summed E-state index contributed by atoms with van der Waals surface area (Å²) in [5, 5.41) is 4.75. The minimum Gasteiger partial charge on any atom is -0.337 e. The summed E-state index contributed by atoms with van der Waals surface area (Å²) >= 11 is 4.36. The molecule has 1 amide bonds. The predicted molar refractivity (Wildman–Crippen MR) is 116 cm³/mol. The summed E-state index contributed by atoms with van der Waals surface area (Å²) in [6, 6.07) is 4.22. The van der Waals surface area contributed by atoms with E-state index in [9.17, 15) is 9.59 Å². The molecule has 0 fully saturated rings. The van der Waals surface area contributed by atoms with Crippen LogP contribution < -0.4 is 5.56 Å². The molecule has 1 atom stereocenters. The highest BCUT2D eigenvalue weighted by Gasteiger charge is 2.26. The highest BCUT2D eigenvalue weighted by molar-refractivity contribution is 8.00. The van der Waals surface area contributed by atoms with Crippen LogP contribution in [0.4, 0.5) is 0 Å². The molecule has 3 heterocycles. The Morgan fingerprint density at radius 2 is 1.89 bits per heavy atom. The molecule has 27 heavy (non-hydrogen) atoms. The second-order valence-electron chi connectivity index (χ2n) is 6.87. The summed E-state index contributed by atoms with van der Waals surface area (Å²) in [6.45, 7) is 9.91. The van der Waals surface area contributed by atoms with Crippen LogP contribution in [-0.4, -0.2) is 38.1 Å². The molecule has 1 N–H and O–H groups in total. The van der Waals surface area contributed by atoms with Gasteiger partial charge in [-0.05, 0) is 46.1 Å². The van der Waals surface area contributed by atoms with Crippen molar-refractivity contribution in [3.05, 3.63) is 33.2 Å². The number of H-pyrrole nitrogens is 1. The molecular formula is C19H23N3O2S3. The quantitative estimate of drug-likeness (QED) is 0.457. The molecule has 8 heteroatoms. The van der Waals surface area contributed by atoms with Gasteiger partial charge >= 0.3 is 0 Å². The van der Waals surface area contributed by atoms with E-state index >= 15 is 0 Å². The smallest absolute Gasteiger partial charge is 0.260 e.